The summed E-state index contributed by atoms with van der Waals surface area (Å²) in [5.41, 5.74) is 2.47. The molecule has 118 valence electrons. The molecule has 1 amide bonds. The lowest BCUT2D eigenvalue weighted by molar-refractivity contribution is 0.0998. The van der Waals surface area contributed by atoms with Crippen LogP contribution in [0.5, 0.6) is 5.75 Å². The molecule has 0 saturated heterocycles. The van der Waals surface area contributed by atoms with Gasteiger partial charge in [-0.1, -0.05) is 36.0 Å². The SMILES string of the molecule is COc1ccc(C(=O)N2c3ccccc3Sc3ccccc32)cc1. The average Bonchev–Trinajstić information content (AvgIpc) is 2.65. The zero-order chi connectivity index (χ0) is 16.5. The van der Waals surface area contributed by atoms with E-state index >= 15 is 0 Å². The quantitative estimate of drug-likeness (QED) is 0.650. The van der Waals surface area contributed by atoms with E-state index in [2.05, 4.69) is 0 Å². The maximum Gasteiger partial charge on any atom is 0.262 e. The number of fused-ring (bicyclic) bond motifs is 2. The lowest BCUT2D eigenvalue weighted by Gasteiger charge is -2.31. The monoisotopic (exact) mass is 333 g/mol. The van der Waals surface area contributed by atoms with Gasteiger partial charge in [0.2, 0.25) is 0 Å². The lowest BCUT2D eigenvalue weighted by Crippen LogP contribution is -2.28. The molecule has 1 aliphatic heterocycles. The number of nitrogens with zero attached hydrogens (tertiary/aromatic N) is 1. The molecular formula is C20H15NO2S. The normalized spacial score (nSPS) is 12.3. The standard InChI is InChI=1S/C20H15NO2S/c1-23-15-12-10-14(11-13-15)20(22)21-16-6-2-4-8-18(16)24-19-9-5-3-7-17(19)21/h2-13H,1H3. The Balaban J connectivity index is 1.83. The highest BCUT2D eigenvalue weighted by Crippen LogP contribution is 2.48. The first kappa shape index (κ1) is 14.8. The first-order valence-electron chi connectivity index (χ1n) is 7.62. The van der Waals surface area contributed by atoms with Crippen LogP contribution in [0.4, 0.5) is 11.4 Å². The van der Waals surface area contributed by atoms with Crippen molar-refractivity contribution in [3.8, 4) is 5.75 Å². The molecule has 1 heterocycles. The number of carbonyl (C=O) groups excluding carboxylic acids is 1. The van der Waals surface area contributed by atoms with E-state index in [0.29, 0.717) is 5.56 Å². The number of amides is 1. The smallest absolute Gasteiger partial charge is 0.262 e. The summed E-state index contributed by atoms with van der Waals surface area (Å²) in [7, 11) is 1.62. The number of hydrogen-bond donors (Lipinski definition) is 0. The Morgan fingerprint density at radius 1 is 0.833 bits per heavy atom. The summed E-state index contributed by atoms with van der Waals surface area (Å²) in [4.78, 5) is 17.2. The van der Waals surface area contributed by atoms with E-state index in [9.17, 15) is 4.79 Å². The fourth-order valence-electron chi connectivity index (χ4n) is 2.79. The van der Waals surface area contributed by atoms with E-state index < -0.39 is 0 Å². The fraction of sp³-hybridized carbons (Fsp3) is 0.0500. The summed E-state index contributed by atoms with van der Waals surface area (Å²) in [6.07, 6.45) is 0. The van der Waals surface area contributed by atoms with Gasteiger partial charge in [-0.3, -0.25) is 9.69 Å². The molecule has 0 bridgehead atoms. The second kappa shape index (κ2) is 6.06. The molecule has 4 rings (SSSR count). The Morgan fingerprint density at radius 2 is 1.38 bits per heavy atom. The fourth-order valence-corrected chi connectivity index (χ4v) is 3.84. The highest BCUT2D eigenvalue weighted by Gasteiger charge is 2.28. The van der Waals surface area contributed by atoms with Gasteiger partial charge >= 0.3 is 0 Å². The highest BCUT2D eigenvalue weighted by atomic mass is 32.2. The van der Waals surface area contributed by atoms with Crippen molar-refractivity contribution in [3.05, 3.63) is 78.4 Å². The van der Waals surface area contributed by atoms with Crippen LogP contribution in [0.15, 0.2) is 82.6 Å². The number of ether oxygens (including phenoxy) is 1. The minimum atomic E-state index is -0.0437. The van der Waals surface area contributed by atoms with Gasteiger partial charge in [0, 0.05) is 15.4 Å². The van der Waals surface area contributed by atoms with Crippen molar-refractivity contribution in [1.29, 1.82) is 0 Å². The molecule has 3 nitrogen and oxygen atoms in total. The molecule has 0 aliphatic carbocycles. The molecule has 0 atom stereocenters. The second-order valence-corrected chi connectivity index (χ2v) is 6.49. The highest BCUT2D eigenvalue weighted by molar-refractivity contribution is 7.99. The van der Waals surface area contributed by atoms with E-state index in [0.717, 1.165) is 26.9 Å². The van der Waals surface area contributed by atoms with Gasteiger partial charge in [0.15, 0.2) is 0 Å². The van der Waals surface area contributed by atoms with Gasteiger partial charge in [-0.25, -0.2) is 0 Å². The van der Waals surface area contributed by atoms with Crippen LogP contribution in [-0.2, 0) is 0 Å². The molecule has 1 aliphatic rings. The lowest BCUT2D eigenvalue weighted by atomic mass is 10.1. The van der Waals surface area contributed by atoms with Crippen molar-refractivity contribution in [3.63, 3.8) is 0 Å². The largest absolute Gasteiger partial charge is 0.497 e. The molecule has 0 fully saturated rings. The first-order valence-corrected chi connectivity index (χ1v) is 8.44. The van der Waals surface area contributed by atoms with Crippen LogP contribution in [0, 0.1) is 0 Å². The number of benzene rings is 3. The molecule has 3 aromatic rings. The third kappa shape index (κ3) is 2.45. The third-order valence-corrected chi connectivity index (χ3v) is 5.10. The van der Waals surface area contributed by atoms with Crippen molar-refractivity contribution >= 4 is 29.0 Å². The van der Waals surface area contributed by atoms with Gasteiger partial charge in [-0.05, 0) is 48.5 Å². The zero-order valence-corrected chi connectivity index (χ0v) is 13.9. The number of carbonyl (C=O) groups is 1. The molecular weight excluding hydrogens is 318 g/mol. The number of para-hydroxylation sites is 2. The Morgan fingerprint density at radius 3 is 1.92 bits per heavy atom. The van der Waals surface area contributed by atoms with Crippen molar-refractivity contribution in [2.75, 3.05) is 12.0 Å². The van der Waals surface area contributed by atoms with Crippen LogP contribution in [0.2, 0.25) is 0 Å². The zero-order valence-electron chi connectivity index (χ0n) is 13.1. The van der Waals surface area contributed by atoms with Gasteiger partial charge in [-0.15, -0.1) is 0 Å². The Labute approximate surface area is 144 Å². The van der Waals surface area contributed by atoms with Gasteiger partial charge in [0.25, 0.3) is 5.91 Å². The Hall–Kier alpha value is -2.72. The predicted molar refractivity (Wildman–Crippen MR) is 96.5 cm³/mol. The van der Waals surface area contributed by atoms with Crippen molar-refractivity contribution in [2.45, 2.75) is 9.79 Å². The van der Waals surface area contributed by atoms with E-state index in [1.807, 2.05) is 60.7 Å². The predicted octanol–water partition coefficient (Wildman–Crippen LogP) is 5.14. The topological polar surface area (TPSA) is 29.5 Å². The summed E-state index contributed by atoms with van der Waals surface area (Å²) >= 11 is 1.69. The van der Waals surface area contributed by atoms with Crippen molar-refractivity contribution in [2.24, 2.45) is 0 Å². The van der Waals surface area contributed by atoms with Crippen LogP contribution in [0.25, 0.3) is 0 Å². The third-order valence-electron chi connectivity index (χ3n) is 3.97. The van der Waals surface area contributed by atoms with Crippen LogP contribution >= 0.6 is 11.8 Å². The van der Waals surface area contributed by atoms with Crippen LogP contribution in [-0.4, -0.2) is 13.0 Å². The molecule has 0 N–H and O–H groups in total. The minimum Gasteiger partial charge on any atom is -0.497 e. The maximum atomic E-state index is 13.2. The van der Waals surface area contributed by atoms with Crippen LogP contribution < -0.4 is 9.64 Å². The second-order valence-electron chi connectivity index (χ2n) is 5.41. The van der Waals surface area contributed by atoms with Crippen LogP contribution in [0.3, 0.4) is 0 Å². The molecule has 0 aromatic heterocycles. The van der Waals surface area contributed by atoms with Gasteiger partial charge in [0.1, 0.15) is 5.75 Å². The van der Waals surface area contributed by atoms with Crippen molar-refractivity contribution in [1.82, 2.24) is 0 Å². The van der Waals surface area contributed by atoms with Gasteiger partial charge in [0.05, 0.1) is 18.5 Å². The van der Waals surface area contributed by atoms with Gasteiger partial charge in [-0.2, -0.15) is 0 Å². The van der Waals surface area contributed by atoms with E-state index in [-0.39, 0.29) is 5.91 Å². The Kier molecular flexibility index (Phi) is 3.75. The maximum absolute atomic E-state index is 13.2. The molecule has 0 unspecified atom stereocenters. The summed E-state index contributed by atoms with van der Waals surface area (Å²) in [5.74, 6) is 0.694. The Bertz CT molecular complexity index is 860. The minimum absolute atomic E-state index is 0.0437. The molecule has 0 saturated carbocycles. The summed E-state index contributed by atoms with van der Waals surface area (Å²) in [5, 5.41) is 0. The van der Waals surface area contributed by atoms with E-state index in [4.69, 9.17) is 4.74 Å². The number of rotatable bonds is 2. The summed E-state index contributed by atoms with van der Waals surface area (Å²) in [6, 6.07) is 23.2. The first-order chi connectivity index (χ1) is 11.8. The number of methoxy groups -OCH3 is 1. The van der Waals surface area contributed by atoms with Gasteiger partial charge < -0.3 is 4.74 Å². The molecule has 3 aromatic carbocycles. The van der Waals surface area contributed by atoms with Crippen molar-refractivity contribution < 1.29 is 9.53 Å². The average molecular weight is 333 g/mol. The molecule has 4 heteroatoms. The number of hydrogen-bond acceptors (Lipinski definition) is 3. The summed E-state index contributed by atoms with van der Waals surface area (Å²) < 4.78 is 5.18. The van der Waals surface area contributed by atoms with E-state index in [1.165, 1.54) is 0 Å². The summed E-state index contributed by atoms with van der Waals surface area (Å²) in [6.45, 7) is 0. The van der Waals surface area contributed by atoms with E-state index in [1.54, 1.807) is 35.9 Å². The van der Waals surface area contributed by atoms with Crippen LogP contribution in [0.1, 0.15) is 10.4 Å². The number of anilines is 2. The molecule has 0 spiro atoms. The molecule has 0 radical (unpaired) electrons. The molecule has 24 heavy (non-hydrogen) atoms.